The number of rotatable bonds is 8. The van der Waals surface area contributed by atoms with Crippen LogP contribution in [0.2, 0.25) is 0 Å². The molecule has 2 heterocycles. The van der Waals surface area contributed by atoms with E-state index in [1.54, 1.807) is 18.4 Å². The van der Waals surface area contributed by atoms with Crippen molar-refractivity contribution in [3.8, 4) is 6.01 Å². The van der Waals surface area contributed by atoms with Gasteiger partial charge in [-0.1, -0.05) is 19.9 Å². The van der Waals surface area contributed by atoms with Gasteiger partial charge in [-0.05, 0) is 24.3 Å². The van der Waals surface area contributed by atoms with Gasteiger partial charge in [-0.2, -0.15) is 15.0 Å². The molecule has 0 radical (unpaired) electrons. The summed E-state index contributed by atoms with van der Waals surface area (Å²) in [5, 5.41) is 8.35. The third-order valence-corrected chi connectivity index (χ3v) is 3.86. The smallest absolute Gasteiger partial charge is 0.323 e. The Balaban J connectivity index is 2.17. The van der Waals surface area contributed by atoms with Gasteiger partial charge >= 0.3 is 6.01 Å². The van der Waals surface area contributed by atoms with Gasteiger partial charge in [0.1, 0.15) is 0 Å². The van der Waals surface area contributed by atoms with Crippen molar-refractivity contribution in [2.75, 3.05) is 24.3 Å². The summed E-state index contributed by atoms with van der Waals surface area (Å²) in [5.41, 5.74) is 0. The molecule has 1 atom stereocenters. The maximum atomic E-state index is 5.50. The second kappa shape index (κ2) is 7.78. The van der Waals surface area contributed by atoms with Crippen LogP contribution in [0.15, 0.2) is 17.5 Å². The molecule has 0 aromatic carbocycles. The fourth-order valence-electron chi connectivity index (χ4n) is 1.81. The maximum absolute atomic E-state index is 5.50. The Kier molecular flexibility index (Phi) is 5.74. The van der Waals surface area contributed by atoms with Crippen LogP contribution < -0.4 is 15.4 Å². The highest BCUT2D eigenvalue weighted by atomic mass is 32.1. The van der Waals surface area contributed by atoms with Gasteiger partial charge in [0.15, 0.2) is 0 Å². The molecular formula is C14H21N5OS. The quantitative estimate of drug-likeness (QED) is 0.779. The second-order valence-corrected chi connectivity index (χ2v) is 5.46. The van der Waals surface area contributed by atoms with Gasteiger partial charge in [-0.3, -0.25) is 0 Å². The number of thiophene rings is 1. The standard InChI is InChI=1S/C14H21N5OS/c1-4-8-20-14-18-12(15-3)17-13(19-14)16-10(5-2)11-7-6-9-21-11/h6-7,9-10H,4-5,8H2,1-3H3,(H2,15,16,17,18,19). The minimum atomic E-state index is 0.191. The Bertz CT molecular complexity index is 546. The highest BCUT2D eigenvalue weighted by Crippen LogP contribution is 2.25. The molecule has 0 aliphatic carbocycles. The number of hydrogen-bond donors (Lipinski definition) is 2. The van der Waals surface area contributed by atoms with E-state index in [1.807, 2.05) is 13.0 Å². The Morgan fingerprint density at radius 2 is 2.05 bits per heavy atom. The zero-order valence-corrected chi connectivity index (χ0v) is 13.4. The van der Waals surface area contributed by atoms with E-state index in [-0.39, 0.29) is 6.04 Å². The van der Waals surface area contributed by atoms with E-state index in [2.05, 4.69) is 44.0 Å². The van der Waals surface area contributed by atoms with Crippen LogP contribution in [0.4, 0.5) is 11.9 Å². The minimum Gasteiger partial charge on any atom is -0.463 e. The summed E-state index contributed by atoms with van der Waals surface area (Å²) in [7, 11) is 1.78. The van der Waals surface area contributed by atoms with Gasteiger partial charge in [0.05, 0.1) is 12.6 Å². The monoisotopic (exact) mass is 307 g/mol. The van der Waals surface area contributed by atoms with Crippen LogP contribution in [-0.4, -0.2) is 28.6 Å². The largest absolute Gasteiger partial charge is 0.463 e. The fourth-order valence-corrected chi connectivity index (χ4v) is 2.67. The number of hydrogen-bond acceptors (Lipinski definition) is 7. The molecule has 0 amide bonds. The van der Waals surface area contributed by atoms with Crippen molar-refractivity contribution in [3.63, 3.8) is 0 Å². The predicted octanol–water partition coefficient (Wildman–Crippen LogP) is 3.33. The summed E-state index contributed by atoms with van der Waals surface area (Å²) in [4.78, 5) is 14.1. The predicted molar refractivity (Wildman–Crippen MR) is 86.1 cm³/mol. The van der Waals surface area contributed by atoms with E-state index in [0.717, 1.165) is 12.8 Å². The van der Waals surface area contributed by atoms with E-state index in [0.29, 0.717) is 24.5 Å². The van der Waals surface area contributed by atoms with Gasteiger partial charge in [-0.15, -0.1) is 11.3 Å². The van der Waals surface area contributed by atoms with Crippen LogP contribution in [0, 0.1) is 0 Å². The zero-order valence-electron chi connectivity index (χ0n) is 12.6. The Hall–Kier alpha value is -1.89. The molecule has 0 saturated carbocycles. The molecule has 0 aliphatic rings. The molecule has 2 aromatic rings. The first-order valence-corrected chi connectivity index (χ1v) is 8.01. The molecule has 0 aliphatic heterocycles. The molecule has 1 unspecified atom stereocenters. The molecule has 2 N–H and O–H groups in total. The van der Waals surface area contributed by atoms with Gasteiger partial charge in [-0.25, -0.2) is 0 Å². The minimum absolute atomic E-state index is 0.191. The number of nitrogens with one attached hydrogen (secondary N) is 2. The van der Waals surface area contributed by atoms with Gasteiger partial charge < -0.3 is 15.4 Å². The first-order chi connectivity index (χ1) is 10.3. The molecule has 6 nitrogen and oxygen atoms in total. The molecule has 21 heavy (non-hydrogen) atoms. The van der Waals surface area contributed by atoms with Gasteiger partial charge in [0.25, 0.3) is 0 Å². The van der Waals surface area contributed by atoms with Crippen LogP contribution in [0.3, 0.4) is 0 Å². The molecule has 0 spiro atoms. The van der Waals surface area contributed by atoms with Crippen LogP contribution in [0.5, 0.6) is 6.01 Å². The van der Waals surface area contributed by atoms with E-state index < -0.39 is 0 Å². The first-order valence-electron chi connectivity index (χ1n) is 7.13. The third-order valence-electron chi connectivity index (χ3n) is 2.87. The molecule has 2 aromatic heterocycles. The molecule has 114 valence electrons. The molecule has 2 rings (SSSR count). The highest BCUT2D eigenvalue weighted by Gasteiger charge is 2.14. The zero-order chi connectivity index (χ0) is 15.1. The summed E-state index contributed by atoms with van der Waals surface area (Å²) in [6.07, 6.45) is 1.86. The van der Waals surface area contributed by atoms with Crippen molar-refractivity contribution in [1.82, 2.24) is 15.0 Å². The van der Waals surface area contributed by atoms with Crippen molar-refractivity contribution in [3.05, 3.63) is 22.4 Å². The van der Waals surface area contributed by atoms with E-state index in [4.69, 9.17) is 4.74 Å². The lowest BCUT2D eigenvalue weighted by Crippen LogP contribution is -2.13. The summed E-state index contributed by atoms with van der Waals surface area (Å²) in [6.45, 7) is 4.77. The van der Waals surface area contributed by atoms with Gasteiger partial charge in [0.2, 0.25) is 11.9 Å². The van der Waals surface area contributed by atoms with E-state index >= 15 is 0 Å². The second-order valence-electron chi connectivity index (χ2n) is 4.48. The van der Waals surface area contributed by atoms with Crippen molar-refractivity contribution in [2.45, 2.75) is 32.7 Å². The van der Waals surface area contributed by atoms with Crippen LogP contribution in [-0.2, 0) is 0 Å². The Morgan fingerprint density at radius 3 is 2.67 bits per heavy atom. The molecular weight excluding hydrogens is 286 g/mol. The highest BCUT2D eigenvalue weighted by molar-refractivity contribution is 7.10. The fraction of sp³-hybridized carbons (Fsp3) is 0.500. The van der Waals surface area contributed by atoms with E-state index in [1.165, 1.54) is 4.88 Å². The molecule has 0 saturated heterocycles. The van der Waals surface area contributed by atoms with Crippen molar-refractivity contribution in [2.24, 2.45) is 0 Å². The van der Waals surface area contributed by atoms with Crippen LogP contribution >= 0.6 is 11.3 Å². The maximum Gasteiger partial charge on any atom is 0.323 e. The third kappa shape index (κ3) is 4.29. The van der Waals surface area contributed by atoms with Crippen LogP contribution in [0.1, 0.15) is 37.6 Å². The number of aromatic nitrogens is 3. The van der Waals surface area contributed by atoms with Crippen LogP contribution in [0.25, 0.3) is 0 Å². The Morgan fingerprint density at radius 1 is 1.24 bits per heavy atom. The lowest BCUT2D eigenvalue weighted by Gasteiger charge is -2.16. The Labute approximate surface area is 129 Å². The first kappa shape index (κ1) is 15.5. The SMILES string of the molecule is CCCOc1nc(NC)nc(NC(CC)c2cccs2)n1. The summed E-state index contributed by atoms with van der Waals surface area (Å²) in [6, 6.07) is 4.70. The average molecular weight is 307 g/mol. The average Bonchev–Trinajstić information content (AvgIpc) is 3.04. The van der Waals surface area contributed by atoms with E-state index in [9.17, 15) is 0 Å². The van der Waals surface area contributed by atoms with Crippen molar-refractivity contribution < 1.29 is 4.74 Å². The number of anilines is 2. The normalized spacial score (nSPS) is 12.0. The molecule has 0 bridgehead atoms. The van der Waals surface area contributed by atoms with Crippen molar-refractivity contribution in [1.29, 1.82) is 0 Å². The summed E-state index contributed by atoms with van der Waals surface area (Å²) in [5.74, 6) is 1.03. The number of nitrogens with zero attached hydrogens (tertiary/aromatic N) is 3. The van der Waals surface area contributed by atoms with Crippen molar-refractivity contribution >= 4 is 23.2 Å². The summed E-state index contributed by atoms with van der Waals surface area (Å²) < 4.78 is 5.50. The lowest BCUT2D eigenvalue weighted by molar-refractivity contribution is 0.292. The lowest BCUT2D eigenvalue weighted by atomic mass is 10.2. The molecule has 7 heteroatoms. The molecule has 0 fully saturated rings. The van der Waals surface area contributed by atoms with Gasteiger partial charge in [0, 0.05) is 11.9 Å². The summed E-state index contributed by atoms with van der Waals surface area (Å²) >= 11 is 1.72. The topological polar surface area (TPSA) is 72.0 Å². The number of ether oxygens (including phenoxy) is 1.